The number of hydrogen-bond acceptors (Lipinski definition) is 8. The van der Waals surface area contributed by atoms with E-state index in [1.54, 1.807) is 54.6 Å². The molecular weight excluding hydrogens is 478 g/mol. The van der Waals surface area contributed by atoms with E-state index in [4.69, 9.17) is 22.8 Å². The zero-order valence-corrected chi connectivity index (χ0v) is 19.9. The van der Waals surface area contributed by atoms with Crippen LogP contribution in [0.15, 0.2) is 91.5 Å². The maximum Gasteiger partial charge on any atom is 0.530 e. The molecule has 1 heterocycles. The van der Waals surface area contributed by atoms with Crippen molar-refractivity contribution in [3.63, 3.8) is 0 Å². The van der Waals surface area contributed by atoms with Gasteiger partial charge in [0.2, 0.25) is 0 Å². The summed E-state index contributed by atoms with van der Waals surface area (Å²) in [6.45, 7) is 2.81. The molecule has 0 fully saturated rings. The van der Waals surface area contributed by atoms with Gasteiger partial charge in [0.1, 0.15) is 18.1 Å². The number of para-hydroxylation sites is 2. The fourth-order valence-corrected chi connectivity index (χ4v) is 6.94. The molecule has 10 heteroatoms. The first-order valence-electron chi connectivity index (χ1n) is 10.3. The number of benzene rings is 3. The molecule has 0 saturated carbocycles. The van der Waals surface area contributed by atoms with Crippen molar-refractivity contribution in [2.75, 3.05) is 19.6 Å². The molecule has 176 valence electrons. The minimum absolute atomic E-state index is 0.208. The van der Waals surface area contributed by atoms with E-state index in [2.05, 4.69) is 6.58 Å². The summed E-state index contributed by atoms with van der Waals surface area (Å²) in [5.41, 5.74) is 1.54. The Kier molecular flexibility index (Phi) is 7.35. The van der Waals surface area contributed by atoms with Crippen molar-refractivity contribution in [1.82, 2.24) is 0 Å². The summed E-state index contributed by atoms with van der Waals surface area (Å²) >= 11 is 0. The Balaban J connectivity index is 1.55. The molecule has 0 spiro atoms. The number of ether oxygens (including phenoxy) is 1. The van der Waals surface area contributed by atoms with Gasteiger partial charge in [0.25, 0.3) is 0 Å². The van der Waals surface area contributed by atoms with Crippen LogP contribution in [0.1, 0.15) is 0 Å². The molecule has 0 radical (unpaired) electrons. The molecule has 1 aliphatic rings. The van der Waals surface area contributed by atoms with Gasteiger partial charge >= 0.3 is 21.2 Å². The van der Waals surface area contributed by atoms with Crippen LogP contribution >= 0.6 is 15.2 Å². The van der Waals surface area contributed by atoms with E-state index in [9.17, 15) is 13.9 Å². The predicted octanol–water partition coefficient (Wildman–Crippen LogP) is 5.56. The lowest BCUT2D eigenvalue weighted by Crippen LogP contribution is -2.21. The van der Waals surface area contributed by atoms with Crippen molar-refractivity contribution in [2.45, 2.75) is 0 Å². The first kappa shape index (κ1) is 24.0. The van der Waals surface area contributed by atoms with Crippen LogP contribution in [0.2, 0.25) is 0 Å². The van der Waals surface area contributed by atoms with Crippen molar-refractivity contribution in [2.24, 2.45) is 0 Å². The number of carbonyl (C=O) groups excluding carboxylic acids is 1. The minimum atomic E-state index is -4.28. The van der Waals surface area contributed by atoms with Crippen molar-refractivity contribution in [3.05, 3.63) is 91.5 Å². The average Bonchev–Trinajstić information content (AvgIpc) is 2.86. The molecule has 3 aromatic rings. The molecule has 0 saturated heterocycles. The monoisotopic (exact) mass is 500 g/mol. The van der Waals surface area contributed by atoms with Crippen LogP contribution in [0.5, 0.6) is 11.5 Å². The maximum atomic E-state index is 13.9. The number of carbonyl (C=O) groups is 1. The highest BCUT2D eigenvalue weighted by Crippen LogP contribution is 2.59. The molecule has 34 heavy (non-hydrogen) atoms. The number of hydrogen-bond donors (Lipinski definition) is 0. The molecule has 0 amide bonds. The average molecular weight is 500 g/mol. The fraction of sp³-hybridized carbons (Fsp3) is 0.125. The zero-order chi connectivity index (χ0) is 24.0. The molecule has 2 unspecified atom stereocenters. The molecule has 0 N–H and O–H groups in total. The Morgan fingerprint density at radius 1 is 0.912 bits per heavy atom. The van der Waals surface area contributed by atoms with Crippen molar-refractivity contribution >= 4 is 26.5 Å². The standard InChI is InChI=1S/C24H22O8P2/c1-2-24(25)28-16-17-29-34(27,31-19-10-4-3-5-11-19)30-18-33(26)23-15-9-7-13-21(23)20-12-6-8-14-22(20)32-33/h2-15H,1,16-18H2. The number of rotatable bonds is 10. The fourth-order valence-electron chi connectivity index (χ4n) is 3.27. The van der Waals surface area contributed by atoms with Gasteiger partial charge in [-0.05, 0) is 29.8 Å². The summed E-state index contributed by atoms with van der Waals surface area (Å²) in [5, 5.41) is 0.444. The predicted molar refractivity (Wildman–Crippen MR) is 127 cm³/mol. The topological polar surface area (TPSA) is 97.4 Å². The van der Waals surface area contributed by atoms with Crippen molar-refractivity contribution in [3.8, 4) is 22.6 Å². The van der Waals surface area contributed by atoms with E-state index in [0.717, 1.165) is 17.2 Å². The van der Waals surface area contributed by atoms with E-state index >= 15 is 0 Å². The molecule has 8 nitrogen and oxygen atoms in total. The molecule has 0 aromatic heterocycles. The maximum absolute atomic E-state index is 13.9. The summed E-state index contributed by atoms with van der Waals surface area (Å²) in [7, 11) is -7.93. The largest absolute Gasteiger partial charge is 0.530 e. The highest BCUT2D eigenvalue weighted by molar-refractivity contribution is 7.68. The van der Waals surface area contributed by atoms with Crippen LogP contribution in [0.3, 0.4) is 0 Å². The van der Waals surface area contributed by atoms with Gasteiger partial charge in [0.05, 0.1) is 11.9 Å². The first-order valence-corrected chi connectivity index (χ1v) is 13.6. The van der Waals surface area contributed by atoms with Gasteiger partial charge in [0.15, 0.2) is 6.35 Å². The molecule has 0 bridgehead atoms. The molecule has 3 aromatic carbocycles. The van der Waals surface area contributed by atoms with Crippen LogP contribution in [-0.2, 0) is 27.7 Å². The van der Waals surface area contributed by atoms with Crippen LogP contribution < -0.4 is 14.4 Å². The Hall–Kier alpha value is -3.15. The first-order chi connectivity index (χ1) is 16.4. The van der Waals surface area contributed by atoms with Crippen molar-refractivity contribution < 1.29 is 36.8 Å². The number of fused-ring (bicyclic) bond motifs is 3. The smallest absolute Gasteiger partial charge is 0.460 e. The summed E-state index contributed by atoms with van der Waals surface area (Å²) < 4.78 is 54.5. The zero-order valence-electron chi connectivity index (χ0n) is 18.1. The summed E-state index contributed by atoms with van der Waals surface area (Å²) in [6.07, 6.45) is 0.437. The van der Waals surface area contributed by atoms with Gasteiger partial charge in [-0.3, -0.25) is 13.6 Å². The van der Waals surface area contributed by atoms with E-state index < -0.39 is 27.5 Å². The summed E-state index contributed by atoms with van der Waals surface area (Å²) in [5.74, 6) is 0.00496. The Morgan fingerprint density at radius 3 is 2.35 bits per heavy atom. The molecule has 0 aliphatic carbocycles. The lowest BCUT2D eigenvalue weighted by Gasteiger charge is -2.29. The van der Waals surface area contributed by atoms with E-state index in [0.29, 0.717) is 11.1 Å². The Bertz CT molecular complexity index is 1270. The van der Waals surface area contributed by atoms with Crippen LogP contribution in [0.4, 0.5) is 0 Å². The second-order valence-electron chi connectivity index (χ2n) is 7.09. The molecule has 4 rings (SSSR count). The van der Waals surface area contributed by atoms with Crippen LogP contribution in [0.25, 0.3) is 11.1 Å². The number of phosphoric acid groups is 1. The van der Waals surface area contributed by atoms with Gasteiger partial charge < -0.3 is 13.8 Å². The highest BCUT2D eigenvalue weighted by Gasteiger charge is 2.40. The lowest BCUT2D eigenvalue weighted by molar-refractivity contribution is -0.138. The van der Waals surface area contributed by atoms with Gasteiger partial charge in [-0.1, -0.05) is 61.2 Å². The summed E-state index contributed by atoms with van der Waals surface area (Å²) in [6, 6.07) is 22.6. The third kappa shape index (κ3) is 5.49. The van der Waals surface area contributed by atoms with E-state index in [1.807, 2.05) is 24.3 Å². The second kappa shape index (κ2) is 10.4. The van der Waals surface area contributed by atoms with E-state index in [-0.39, 0.29) is 19.0 Å². The SMILES string of the molecule is C=CC(=O)OCCOP(=O)(OCP1(=O)Oc2ccccc2-c2ccccc21)Oc1ccccc1. The van der Waals surface area contributed by atoms with Crippen LogP contribution in [-0.4, -0.2) is 25.5 Å². The van der Waals surface area contributed by atoms with Gasteiger partial charge in [-0.2, -0.15) is 0 Å². The molecule has 2 atom stereocenters. The van der Waals surface area contributed by atoms with Crippen LogP contribution in [0, 0.1) is 0 Å². The van der Waals surface area contributed by atoms with Gasteiger partial charge in [0, 0.05) is 11.6 Å². The Labute approximate surface area is 197 Å². The minimum Gasteiger partial charge on any atom is -0.460 e. The summed E-state index contributed by atoms with van der Waals surface area (Å²) in [4.78, 5) is 11.2. The quantitative estimate of drug-likeness (QED) is 0.155. The molecule has 1 aliphatic heterocycles. The van der Waals surface area contributed by atoms with Gasteiger partial charge in [-0.15, -0.1) is 0 Å². The number of phosphoric ester groups is 1. The second-order valence-corrected chi connectivity index (χ2v) is 11.0. The van der Waals surface area contributed by atoms with Gasteiger partial charge in [-0.25, -0.2) is 9.36 Å². The van der Waals surface area contributed by atoms with E-state index in [1.165, 1.54) is 0 Å². The normalized spacial score (nSPS) is 17.9. The highest BCUT2D eigenvalue weighted by atomic mass is 31.2. The Morgan fingerprint density at radius 2 is 1.59 bits per heavy atom. The third-order valence-corrected chi connectivity index (χ3v) is 8.45. The lowest BCUT2D eigenvalue weighted by atomic mass is 10.0. The van der Waals surface area contributed by atoms with Crippen molar-refractivity contribution in [1.29, 1.82) is 0 Å². The number of esters is 1. The molecular formula is C24H22O8P2. The third-order valence-electron chi connectivity index (χ3n) is 4.78.